The lowest BCUT2D eigenvalue weighted by molar-refractivity contribution is -0.154. The van der Waals surface area contributed by atoms with Crippen molar-refractivity contribution in [3.8, 4) is 0 Å². The van der Waals surface area contributed by atoms with E-state index in [1.165, 1.54) is 6.92 Å². The minimum atomic E-state index is -3.62. The van der Waals surface area contributed by atoms with Crippen LogP contribution in [0.3, 0.4) is 0 Å². The molecule has 0 heterocycles. The lowest BCUT2D eigenvalue weighted by Crippen LogP contribution is -2.27. The molecule has 0 fully saturated rings. The van der Waals surface area contributed by atoms with Gasteiger partial charge in [-0.2, -0.15) is 0 Å². The van der Waals surface area contributed by atoms with Gasteiger partial charge in [-0.15, -0.1) is 0 Å². The summed E-state index contributed by atoms with van der Waals surface area (Å²) in [5.74, 6) is -0.633. The number of hydrogen-bond donors (Lipinski definition) is 2. The fourth-order valence-corrected chi connectivity index (χ4v) is 1.20. The zero-order chi connectivity index (χ0) is 10.6. The van der Waals surface area contributed by atoms with E-state index in [0.717, 1.165) is 0 Å². The number of esters is 1. The molecule has 0 amide bonds. The fraction of sp³-hybridized carbons (Fsp3) is 0.833. The van der Waals surface area contributed by atoms with Gasteiger partial charge in [0.1, 0.15) is 0 Å². The van der Waals surface area contributed by atoms with Crippen LogP contribution < -0.4 is 11.0 Å². The number of rotatable bonds is 4. The van der Waals surface area contributed by atoms with Gasteiger partial charge in [0.2, 0.25) is 0 Å². The molecular weight excluding hydrogens is 195 g/mol. The Balaban J connectivity index is 4.05. The molecule has 7 heteroatoms. The van der Waals surface area contributed by atoms with Crippen LogP contribution in [0.15, 0.2) is 0 Å². The van der Waals surface area contributed by atoms with Crippen molar-refractivity contribution in [1.29, 1.82) is 0 Å². The molecule has 13 heavy (non-hydrogen) atoms. The summed E-state index contributed by atoms with van der Waals surface area (Å²) in [6, 6.07) is 0. The second-order valence-electron chi connectivity index (χ2n) is 2.88. The molecule has 0 aliphatic heterocycles. The highest BCUT2D eigenvalue weighted by atomic mass is 31.2. The molecule has 0 radical (unpaired) electrons. The molecule has 0 spiro atoms. The Labute approximate surface area is 77.1 Å². The van der Waals surface area contributed by atoms with Crippen molar-refractivity contribution in [3.63, 3.8) is 0 Å². The first-order chi connectivity index (χ1) is 5.72. The van der Waals surface area contributed by atoms with E-state index in [0.29, 0.717) is 0 Å². The van der Waals surface area contributed by atoms with Gasteiger partial charge in [-0.3, -0.25) is 9.09 Å². The number of carbonyl (C=O) groups excluding carboxylic acids is 1. The van der Waals surface area contributed by atoms with E-state index in [1.807, 2.05) is 0 Å². The maximum absolute atomic E-state index is 11.1. The van der Waals surface area contributed by atoms with Gasteiger partial charge in [-0.1, -0.05) is 0 Å². The van der Waals surface area contributed by atoms with Crippen molar-refractivity contribution >= 4 is 13.6 Å². The predicted octanol–water partition coefficient (Wildman–Crippen LogP) is 0.369. The van der Waals surface area contributed by atoms with Crippen LogP contribution in [0.25, 0.3) is 0 Å². The van der Waals surface area contributed by atoms with Crippen LogP contribution in [0.1, 0.15) is 20.8 Å². The van der Waals surface area contributed by atoms with E-state index in [4.69, 9.17) is 15.7 Å². The third-order valence-corrected chi connectivity index (χ3v) is 1.65. The van der Waals surface area contributed by atoms with Crippen molar-refractivity contribution in [2.45, 2.75) is 33.0 Å². The first-order valence-electron chi connectivity index (χ1n) is 3.78. The largest absolute Gasteiger partial charge is 0.461 e. The van der Waals surface area contributed by atoms with Crippen LogP contribution >= 0.6 is 7.67 Å². The summed E-state index contributed by atoms with van der Waals surface area (Å²) in [6.07, 6.45) is -1.27. The molecular formula is C6H15N2O4P. The highest BCUT2D eigenvalue weighted by Gasteiger charge is 2.22. The van der Waals surface area contributed by atoms with E-state index >= 15 is 0 Å². The molecule has 0 bridgehead atoms. The van der Waals surface area contributed by atoms with Crippen molar-refractivity contribution < 1.29 is 18.6 Å². The average molecular weight is 210 g/mol. The minimum Gasteiger partial charge on any atom is -0.461 e. The second kappa shape index (κ2) is 4.72. The highest BCUT2D eigenvalue weighted by Crippen LogP contribution is 2.28. The normalized spacial score (nSPS) is 14.3. The van der Waals surface area contributed by atoms with Crippen molar-refractivity contribution in [2.24, 2.45) is 11.0 Å². The summed E-state index contributed by atoms with van der Waals surface area (Å²) in [4.78, 5) is 11.1. The molecule has 0 aromatic heterocycles. The third kappa shape index (κ3) is 6.72. The average Bonchev–Trinajstić information content (AvgIpc) is 1.81. The molecule has 0 aliphatic carbocycles. The van der Waals surface area contributed by atoms with Crippen LogP contribution in [-0.2, 0) is 18.6 Å². The van der Waals surface area contributed by atoms with Crippen LogP contribution in [0.4, 0.5) is 0 Å². The Kier molecular flexibility index (Phi) is 4.56. The van der Waals surface area contributed by atoms with Crippen LogP contribution in [0, 0.1) is 0 Å². The molecule has 0 saturated carbocycles. The van der Waals surface area contributed by atoms with E-state index < -0.39 is 19.7 Å². The van der Waals surface area contributed by atoms with Gasteiger partial charge in [0.15, 0.2) is 6.10 Å². The highest BCUT2D eigenvalue weighted by molar-refractivity contribution is 7.53. The zero-order valence-corrected chi connectivity index (χ0v) is 8.78. The Morgan fingerprint density at radius 3 is 2.08 bits per heavy atom. The van der Waals surface area contributed by atoms with Crippen molar-refractivity contribution in [2.75, 3.05) is 0 Å². The van der Waals surface area contributed by atoms with Crippen molar-refractivity contribution in [3.05, 3.63) is 0 Å². The maximum Gasteiger partial charge on any atom is 0.336 e. The molecule has 0 rings (SSSR count). The molecule has 0 saturated heterocycles. The standard InChI is InChI=1S/C6H15N2O4P/c1-4(2)11-6(9)5(3)12-13(7,8)10/h4-5H,1-3H3,(H4,7,8,10)/t5-/m0/s1. The first-order valence-corrected chi connectivity index (χ1v) is 5.55. The van der Waals surface area contributed by atoms with E-state index in [2.05, 4.69) is 4.52 Å². The van der Waals surface area contributed by atoms with Gasteiger partial charge >= 0.3 is 13.6 Å². The maximum atomic E-state index is 11.1. The minimum absolute atomic E-state index is 0.256. The second-order valence-corrected chi connectivity index (χ2v) is 4.38. The summed E-state index contributed by atoms with van der Waals surface area (Å²) in [5, 5.41) is 0. The number of nitrogens with two attached hydrogens (primary N) is 2. The summed E-state index contributed by atoms with van der Waals surface area (Å²) in [5.41, 5.74) is 9.82. The van der Waals surface area contributed by atoms with E-state index in [9.17, 15) is 9.36 Å². The van der Waals surface area contributed by atoms with Crippen molar-refractivity contribution in [1.82, 2.24) is 0 Å². The molecule has 0 aliphatic rings. The summed E-state index contributed by atoms with van der Waals surface area (Å²) in [7, 11) is -3.62. The van der Waals surface area contributed by atoms with Gasteiger partial charge in [0.25, 0.3) is 0 Å². The summed E-state index contributed by atoms with van der Waals surface area (Å²) >= 11 is 0. The van der Waals surface area contributed by atoms with Crippen LogP contribution in [0.5, 0.6) is 0 Å². The molecule has 78 valence electrons. The Bertz CT molecular complexity index is 225. The molecule has 6 nitrogen and oxygen atoms in total. The van der Waals surface area contributed by atoms with Gasteiger partial charge in [-0.05, 0) is 20.8 Å². The molecule has 0 aromatic rings. The summed E-state index contributed by atoms with van der Waals surface area (Å²) < 4.78 is 20.0. The van der Waals surface area contributed by atoms with Crippen LogP contribution in [0.2, 0.25) is 0 Å². The SMILES string of the molecule is CC(C)OC(=O)[C@H](C)OP(N)(N)=O. The molecule has 0 aromatic carbocycles. The molecule has 1 atom stereocenters. The number of carbonyl (C=O) groups is 1. The molecule has 0 unspecified atom stereocenters. The van der Waals surface area contributed by atoms with Gasteiger partial charge in [0.05, 0.1) is 6.10 Å². The third-order valence-electron chi connectivity index (χ3n) is 1.01. The van der Waals surface area contributed by atoms with Gasteiger partial charge in [-0.25, -0.2) is 15.8 Å². The Morgan fingerprint density at radius 1 is 1.31 bits per heavy atom. The lowest BCUT2D eigenvalue weighted by atomic mass is 10.4. The topological polar surface area (TPSA) is 105 Å². The van der Waals surface area contributed by atoms with Crippen LogP contribution in [-0.4, -0.2) is 18.2 Å². The number of hydrogen-bond acceptors (Lipinski definition) is 4. The summed E-state index contributed by atoms with van der Waals surface area (Å²) in [6.45, 7) is 4.75. The smallest absolute Gasteiger partial charge is 0.336 e. The van der Waals surface area contributed by atoms with Gasteiger partial charge in [0, 0.05) is 0 Å². The number of ether oxygens (including phenoxy) is 1. The monoisotopic (exact) mass is 210 g/mol. The quantitative estimate of drug-likeness (QED) is 0.513. The fourth-order valence-electron chi connectivity index (χ4n) is 0.618. The predicted molar refractivity (Wildman–Crippen MR) is 47.8 cm³/mol. The van der Waals surface area contributed by atoms with Gasteiger partial charge < -0.3 is 4.74 Å². The van der Waals surface area contributed by atoms with E-state index in [1.54, 1.807) is 13.8 Å². The Hall–Kier alpha value is -0.420. The lowest BCUT2D eigenvalue weighted by Gasteiger charge is -2.15. The van der Waals surface area contributed by atoms with E-state index in [-0.39, 0.29) is 6.10 Å². The first kappa shape index (κ1) is 12.6. The zero-order valence-electron chi connectivity index (χ0n) is 7.89. The Morgan fingerprint density at radius 2 is 1.77 bits per heavy atom. The molecule has 4 N–H and O–H groups in total.